The molecule has 142 valence electrons. The largest absolute Gasteiger partial charge is 0.353 e. The molecular weight excluding hydrogens is 354 g/mol. The molecule has 3 heterocycles. The van der Waals surface area contributed by atoms with Gasteiger partial charge in [0.25, 0.3) is 0 Å². The van der Waals surface area contributed by atoms with Gasteiger partial charge in [-0.25, -0.2) is 19.9 Å². The van der Waals surface area contributed by atoms with Crippen LogP contribution in [0.1, 0.15) is 17.3 Å². The van der Waals surface area contributed by atoms with Crippen LogP contribution >= 0.6 is 0 Å². The maximum Gasteiger partial charge on any atom is 0.225 e. The Morgan fingerprint density at radius 2 is 1.68 bits per heavy atom. The van der Waals surface area contributed by atoms with Crippen molar-refractivity contribution in [3.8, 4) is 0 Å². The van der Waals surface area contributed by atoms with E-state index < -0.39 is 0 Å². The summed E-state index contributed by atoms with van der Waals surface area (Å²) in [6.07, 6.45) is 5.08. The fourth-order valence-electron chi connectivity index (χ4n) is 3.14. The second-order valence-corrected chi connectivity index (χ2v) is 6.55. The lowest BCUT2D eigenvalue weighted by atomic mass is 10.1. The first-order chi connectivity index (χ1) is 13.7. The van der Waals surface area contributed by atoms with Gasteiger partial charge in [-0.05, 0) is 25.1 Å². The van der Waals surface area contributed by atoms with Gasteiger partial charge in [-0.15, -0.1) is 0 Å². The molecule has 0 unspecified atom stereocenters. The minimum Gasteiger partial charge on any atom is -0.353 e. The fourth-order valence-corrected chi connectivity index (χ4v) is 3.14. The van der Waals surface area contributed by atoms with Gasteiger partial charge >= 0.3 is 0 Å². The van der Waals surface area contributed by atoms with Gasteiger partial charge in [-0.1, -0.05) is 12.1 Å². The number of rotatable bonds is 5. The van der Waals surface area contributed by atoms with Crippen molar-refractivity contribution in [3.63, 3.8) is 0 Å². The highest BCUT2D eigenvalue weighted by Gasteiger charge is 2.20. The number of ketones is 1. The van der Waals surface area contributed by atoms with Crippen molar-refractivity contribution in [2.45, 2.75) is 6.92 Å². The second-order valence-electron chi connectivity index (χ2n) is 6.55. The Morgan fingerprint density at radius 1 is 0.929 bits per heavy atom. The van der Waals surface area contributed by atoms with Gasteiger partial charge < -0.3 is 15.1 Å². The van der Waals surface area contributed by atoms with E-state index in [-0.39, 0.29) is 5.78 Å². The van der Waals surface area contributed by atoms with Gasteiger partial charge in [0, 0.05) is 55.9 Å². The Kier molecular flexibility index (Phi) is 5.09. The van der Waals surface area contributed by atoms with E-state index in [4.69, 9.17) is 0 Å². The van der Waals surface area contributed by atoms with Crippen LogP contribution in [0, 0.1) is 0 Å². The zero-order valence-corrected chi connectivity index (χ0v) is 15.6. The number of hydrogen-bond acceptors (Lipinski definition) is 8. The van der Waals surface area contributed by atoms with Crippen molar-refractivity contribution in [1.29, 1.82) is 0 Å². The van der Waals surface area contributed by atoms with E-state index in [0.29, 0.717) is 11.4 Å². The Hall–Kier alpha value is -3.55. The molecule has 2 aromatic heterocycles. The molecule has 4 rings (SSSR count). The van der Waals surface area contributed by atoms with Crippen molar-refractivity contribution in [2.24, 2.45) is 0 Å². The van der Waals surface area contributed by atoms with Gasteiger partial charge in [0.15, 0.2) is 5.78 Å². The Balaban J connectivity index is 1.43. The number of piperazine rings is 1. The van der Waals surface area contributed by atoms with Crippen LogP contribution in [0.4, 0.5) is 23.3 Å². The molecule has 8 nitrogen and oxygen atoms in total. The van der Waals surface area contributed by atoms with Crippen LogP contribution in [-0.2, 0) is 0 Å². The number of Topliss-reactive ketones (excluding diaryl/α,β-unsaturated/α-hetero) is 1. The van der Waals surface area contributed by atoms with E-state index in [1.165, 1.54) is 0 Å². The van der Waals surface area contributed by atoms with E-state index in [0.717, 1.165) is 43.6 Å². The zero-order valence-electron chi connectivity index (χ0n) is 15.6. The summed E-state index contributed by atoms with van der Waals surface area (Å²) in [5.74, 6) is 2.36. The summed E-state index contributed by atoms with van der Waals surface area (Å²) in [4.78, 5) is 33.3. The first-order valence-corrected chi connectivity index (χ1v) is 9.16. The molecule has 1 N–H and O–H groups in total. The summed E-state index contributed by atoms with van der Waals surface area (Å²) >= 11 is 0. The Morgan fingerprint density at radius 3 is 2.43 bits per heavy atom. The first-order valence-electron chi connectivity index (χ1n) is 9.16. The summed E-state index contributed by atoms with van der Waals surface area (Å²) in [7, 11) is 0. The van der Waals surface area contributed by atoms with Gasteiger partial charge in [-0.2, -0.15) is 0 Å². The molecule has 1 saturated heterocycles. The van der Waals surface area contributed by atoms with Gasteiger partial charge in [0.2, 0.25) is 5.95 Å². The molecule has 1 aliphatic heterocycles. The van der Waals surface area contributed by atoms with E-state index in [1.54, 1.807) is 31.7 Å². The molecule has 0 aliphatic carbocycles. The number of anilines is 4. The lowest BCUT2D eigenvalue weighted by Crippen LogP contribution is -2.47. The molecule has 0 amide bonds. The second kappa shape index (κ2) is 7.99. The highest BCUT2D eigenvalue weighted by atomic mass is 16.1. The molecular formula is C20H21N7O. The number of nitrogens with one attached hydrogen (secondary N) is 1. The van der Waals surface area contributed by atoms with Crippen molar-refractivity contribution in [3.05, 3.63) is 60.7 Å². The third-order valence-corrected chi connectivity index (χ3v) is 4.63. The maximum absolute atomic E-state index is 11.6. The smallest absolute Gasteiger partial charge is 0.225 e. The molecule has 0 saturated carbocycles. The molecule has 3 aromatic rings. The third kappa shape index (κ3) is 4.06. The van der Waals surface area contributed by atoms with E-state index in [1.807, 2.05) is 30.3 Å². The van der Waals surface area contributed by atoms with Crippen LogP contribution in [0.15, 0.2) is 55.1 Å². The average molecular weight is 375 g/mol. The maximum atomic E-state index is 11.6. The number of carbonyl (C=O) groups excluding carboxylic acids is 1. The number of nitrogens with zero attached hydrogens (tertiary/aromatic N) is 6. The Labute approximate surface area is 163 Å². The van der Waals surface area contributed by atoms with Crippen molar-refractivity contribution >= 4 is 29.1 Å². The number of aromatic nitrogens is 4. The minimum absolute atomic E-state index is 0.0345. The summed E-state index contributed by atoms with van der Waals surface area (Å²) in [5.41, 5.74) is 1.49. The molecule has 0 bridgehead atoms. The summed E-state index contributed by atoms with van der Waals surface area (Å²) in [6, 6.07) is 11.1. The topological polar surface area (TPSA) is 87.1 Å². The summed E-state index contributed by atoms with van der Waals surface area (Å²) in [6.45, 7) is 4.87. The molecule has 8 heteroatoms. The van der Waals surface area contributed by atoms with Crippen molar-refractivity contribution in [2.75, 3.05) is 41.3 Å². The van der Waals surface area contributed by atoms with Gasteiger partial charge in [0.05, 0.1) is 0 Å². The fraction of sp³-hybridized carbons (Fsp3) is 0.250. The minimum atomic E-state index is 0.0345. The van der Waals surface area contributed by atoms with Crippen molar-refractivity contribution in [1.82, 2.24) is 19.9 Å². The first kappa shape index (κ1) is 17.8. The van der Waals surface area contributed by atoms with Crippen LogP contribution in [0.5, 0.6) is 0 Å². The predicted molar refractivity (Wildman–Crippen MR) is 108 cm³/mol. The molecule has 0 atom stereocenters. The predicted octanol–water partition coefficient (Wildman–Crippen LogP) is 2.54. The van der Waals surface area contributed by atoms with E-state index in [2.05, 4.69) is 35.1 Å². The van der Waals surface area contributed by atoms with E-state index >= 15 is 0 Å². The van der Waals surface area contributed by atoms with Crippen molar-refractivity contribution < 1.29 is 4.79 Å². The molecule has 1 aromatic carbocycles. The lowest BCUT2D eigenvalue weighted by Gasteiger charge is -2.35. The molecule has 1 aliphatic rings. The summed E-state index contributed by atoms with van der Waals surface area (Å²) < 4.78 is 0. The van der Waals surface area contributed by atoms with Crippen LogP contribution in [-0.4, -0.2) is 51.9 Å². The zero-order chi connectivity index (χ0) is 19.3. The molecule has 0 spiro atoms. The Bertz CT molecular complexity index is 956. The third-order valence-electron chi connectivity index (χ3n) is 4.63. The average Bonchev–Trinajstić information content (AvgIpc) is 2.75. The number of carbonyl (C=O) groups is 1. The van der Waals surface area contributed by atoms with Crippen LogP contribution in [0.25, 0.3) is 0 Å². The standard InChI is InChI=1S/C20H21N7O/c1-15(28)16-4-2-5-17(12-16)25-18-13-19(24-14-23-18)26-8-10-27(11-9-26)20-21-6-3-7-22-20/h2-7,12-14H,8-11H2,1H3,(H,23,24,25). The highest BCUT2D eigenvalue weighted by molar-refractivity contribution is 5.95. The molecule has 28 heavy (non-hydrogen) atoms. The highest BCUT2D eigenvalue weighted by Crippen LogP contribution is 2.21. The lowest BCUT2D eigenvalue weighted by molar-refractivity contribution is 0.101. The van der Waals surface area contributed by atoms with E-state index in [9.17, 15) is 4.79 Å². The SMILES string of the molecule is CC(=O)c1cccc(Nc2cc(N3CCN(c4ncccn4)CC3)ncn2)c1. The monoisotopic (exact) mass is 375 g/mol. The molecule has 1 fully saturated rings. The van der Waals surface area contributed by atoms with Crippen LogP contribution in [0.3, 0.4) is 0 Å². The van der Waals surface area contributed by atoms with Crippen LogP contribution < -0.4 is 15.1 Å². The van der Waals surface area contributed by atoms with Crippen LogP contribution in [0.2, 0.25) is 0 Å². The van der Waals surface area contributed by atoms with Gasteiger partial charge in [0.1, 0.15) is 18.0 Å². The summed E-state index contributed by atoms with van der Waals surface area (Å²) in [5, 5.41) is 3.25. The molecule has 0 radical (unpaired) electrons. The number of benzene rings is 1. The normalized spacial score (nSPS) is 14.0. The number of hydrogen-bond donors (Lipinski definition) is 1. The van der Waals surface area contributed by atoms with Gasteiger partial charge in [-0.3, -0.25) is 4.79 Å². The quantitative estimate of drug-likeness (QED) is 0.681.